The number of rotatable bonds is 3. The first-order chi connectivity index (χ1) is 16.0. The number of aromatic nitrogens is 1. The van der Waals surface area contributed by atoms with Crippen molar-refractivity contribution in [1.82, 2.24) is 5.32 Å². The number of nitrogens with zero attached hydrogens (tertiary/aromatic N) is 2. The van der Waals surface area contributed by atoms with Crippen LogP contribution in [0.15, 0.2) is 108 Å². The molecule has 1 aromatic heterocycles. The van der Waals surface area contributed by atoms with Crippen LogP contribution in [-0.2, 0) is 5.72 Å². The van der Waals surface area contributed by atoms with Gasteiger partial charge in [0.25, 0.3) is 0 Å². The Bertz CT molecular complexity index is 1420. The molecule has 0 aliphatic carbocycles. The van der Waals surface area contributed by atoms with Gasteiger partial charge >= 0.3 is 0 Å². The van der Waals surface area contributed by atoms with Gasteiger partial charge in [0.1, 0.15) is 5.82 Å². The highest BCUT2D eigenvalue weighted by Gasteiger charge is 2.55. The molecule has 3 aromatic carbocycles. The first-order valence-corrected chi connectivity index (χ1v) is 11.0. The van der Waals surface area contributed by atoms with E-state index in [0.717, 1.165) is 10.8 Å². The molecule has 0 amide bonds. The third kappa shape index (κ3) is 3.66. The summed E-state index contributed by atoms with van der Waals surface area (Å²) in [4.78, 5) is 0. The van der Waals surface area contributed by atoms with E-state index in [-0.39, 0.29) is 5.03 Å². The number of nitriles is 1. The van der Waals surface area contributed by atoms with Gasteiger partial charge in [0.05, 0.1) is 22.6 Å². The second-order valence-electron chi connectivity index (χ2n) is 8.13. The van der Waals surface area contributed by atoms with Gasteiger partial charge < -0.3 is 10.4 Å². The minimum absolute atomic E-state index is 0.260. The van der Waals surface area contributed by atoms with Crippen LogP contribution in [0.3, 0.4) is 0 Å². The lowest BCUT2D eigenvalue weighted by atomic mass is 9.75. The van der Waals surface area contributed by atoms with Crippen molar-refractivity contribution in [3.05, 3.63) is 125 Å². The van der Waals surface area contributed by atoms with Crippen LogP contribution in [0.2, 0.25) is 0 Å². The van der Waals surface area contributed by atoms with E-state index in [0.29, 0.717) is 16.7 Å². The minimum Gasteiger partial charge on any atom is -0.362 e. The number of nitrogens with one attached hydrogen (secondary N) is 1. The average Bonchev–Trinajstić information content (AvgIpc) is 2.84. The van der Waals surface area contributed by atoms with Gasteiger partial charge in [0.15, 0.2) is 12.4 Å². The van der Waals surface area contributed by atoms with E-state index in [1.54, 1.807) is 12.1 Å². The first kappa shape index (κ1) is 21.2. The Balaban J connectivity index is 1.81. The van der Waals surface area contributed by atoms with Crippen LogP contribution in [-0.4, -0.2) is 5.11 Å². The van der Waals surface area contributed by atoms with Crippen molar-refractivity contribution in [1.29, 1.82) is 5.26 Å². The summed E-state index contributed by atoms with van der Waals surface area (Å²) in [5.74, 6) is -1.06. The average molecular weight is 455 g/mol. The number of pyridine rings is 1. The van der Waals surface area contributed by atoms with Crippen molar-refractivity contribution in [2.75, 3.05) is 0 Å². The van der Waals surface area contributed by atoms with E-state index >= 15 is 0 Å². The number of allylic oxidation sites excluding steroid dienone is 1. The van der Waals surface area contributed by atoms with Crippen molar-refractivity contribution in [3.63, 3.8) is 0 Å². The molecule has 1 aliphatic rings. The van der Waals surface area contributed by atoms with Crippen LogP contribution >= 0.6 is 12.6 Å². The molecule has 162 valence electrons. The molecule has 0 saturated carbocycles. The number of halogens is 1. The van der Waals surface area contributed by atoms with Crippen molar-refractivity contribution in [2.45, 2.75) is 17.7 Å². The Morgan fingerprint density at radius 3 is 2.42 bits per heavy atom. The number of fused-ring (bicyclic) bond motifs is 1. The Morgan fingerprint density at radius 1 is 0.970 bits per heavy atom. The molecule has 33 heavy (non-hydrogen) atoms. The molecule has 4 nitrogen and oxygen atoms in total. The van der Waals surface area contributed by atoms with Crippen molar-refractivity contribution < 1.29 is 14.1 Å². The summed E-state index contributed by atoms with van der Waals surface area (Å²) in [6, 6.07) is 26.8. The highest BCUT2D eigenvalue weighted by molar-refractivity contribution is 7.84. The van der Waals surface area contributed by atoms with Crippen LogP contribution in [0.25, 0.3) is 10.8 Å². The molecule has 0 saturated heterocycles. The summed E-state index contributed by atoms with van der Waals surface area (Å²) in [7, 11) is 0. The molecular weight excluding hydrogens is 433 g/mol. The summed E-state index contributed by atoms with van der Waals surface area (Å²) in [5.41, 5.74) is -0.0987. The zero-order valence-electron chi connectivity index (χ0n) is 17.6. The highest BCUT2D eigenvalue weighted by Crippen LogP contribution is 2.47. The van der Waals surface area contributed by atoms with Crippen LogP contribution in [0.4, 0.5) is 4.39 Å². The van der Waals surface area contributed by atoms with Gasteiger partial charge in [0, 0.05) is 17.0 Å². The van der Waals surface area contributed by atoms with Crippen molar-refractivity contribution in [2.24, 2.45) is 0 Å². The normalized spacial score (nSPS) is 22.6. The maximum atomic E-state index is 14.3. The Morgan fingerprint density at radius 2 is 1.70 bits per heavy atom. The van der Waals surface area contributed by atoms with Crippen molar-refractivity contribution in [3.8, 4) is 6.07 Å². The van der Waals surface area contributed by atoms with E-state index in [1.165, 1.54) is 12.1 Å². The fourth-order valence-corrected chi connectivity index (χ4v) is 5.05. The molecule has 0 spiro atoms. The predicted molar refractivity (Wildman–Crippen MR) is 127 cm³/mol. The molecular formula is C27H21FN3OS+. The number of hydrogen-bond acceptors (Lipinski definition) is 4. The fraction of sp³-hybridized carbons (Fsp3) is 0.111. The van der Waals surface area contributed by atoms with E-state index in [4.69, 9.17) is 0 Å². The monoisotopic (exact) mass is 454 g/mol. The Labute approximate surface area is 196 Å². The quantitative estimate of drug-likeness (QED) is 0.311. The third-order valence-electron chi connectivity index (χ3n) is 6.19. The number of benzene rings is 3. The van der Waals surface area contributed by atoms with Gasteiger partial charge in [-0.05, 0) is 29.1 Å². The summed E-state index contributed by atoms with van der Waals surface area (Å²) < 4.78 is 16.2. The molecule has 0 radical (unpaired) electrons. The van der Waals surface area contributed by atoms with Crippen LogP contribution in [0.5, 0.6) is 0 Å². The number of aliphatic hydroxyl groups is 1. The second kappa shape index (κ2) is 8.36. The van der Waals surface area contributed by atoms with Gasteiger partial charge in [-0.3, -0.25) is 0 Å². The molecule has 3 unspecified atom stereocenters. The molecule has 0 bridgehead atoms. The predicted octanol–water partition coefficient (Wildman–Crippen LogP) is 4.70. The lowest BCUT2D eigenvalue weighted by Crippen LogP contribution is -2.62. The Kier molecular flexibility index (Phi) is 5.37. The smallest absolute Gasteiger partial charge is 0.227 e. The maximum absolute atomic E-state index is 14.3. The standard InChI is InChI=1S/C27H20FN3OS/c28-22-12-6-9-19(15-22)24-23(16-29)26(33)30-27(32,21-10-2-1-3-11-21)25(24)31-14-13-18-7-4-5-8-20(18)17-31/h1-15,17,24-25,30,32H/p+1. The lowest BCUT2D eigenvalue weighted by molar-refractivity contribution is -0.742. The third-order valence-corrected chi connectivity index (χ3v) is 6.55. The lowest BCUT2D eigenvalue weighted by Gasteiger charge is -2.42. The van der Waals surface area contributed by atoms with Crippen molar-refractivity contribution >= 4 is 23.4 Å². The number of hydrogen-bond donors (Lipinski definition) is 3. The van der Waals surface area contributed by atoms with E-state index < -0.39 is 23.5 Å². The first-order valence-electron chi connectivity index (χ1n) is 10.6. The molecule has 0 fully saturated rings. The second-order valence-corrected chi connectivity index (χ2v) is 8.58. The zero-order valence-corrected chi connectivity index (χ0v) is 18.5. The maximum Gasteiger partial charge on any atom is 0.227 e. The molecule has 3 atom stereocenters. The zero-order chi connectivity index (χ0) is 23.0. The topological polar surface area (TPSA) is 59.9 Å². The molecule has 1 aliphatic heterocycles. The van der Waals surface area contributed by atoms with Gasteiger partial charge in [0.2, 0.25) is 11.8 Å². The van der Waals surface area contributed by atoms with Gasteiger partial charge in [-0.2, -0.15) is 9.83 Å². The van der Waals surface area contributed by atoms with Crippen LogP contribution in [0.1, 0.15) is 23.1 Å². The molecule has 5 rings (SSSR count). The summed E-state index contributed by atoms with van der Waals surface area (Å²) in [6.45, 7) is 0. The Hall–Kier alpha value is -3.66. The molecule has 4 aromatic rings. The summed E-state index contributed by atoms with van der Waals surface area (Å²) in [5, 5.41) is 27.6. The highest BCUT2D eigenvalue weighted by atomic mass is 32.1. The van der Waals surface area contributed by atoms with Crippen LogP contribution < -0.4 is 9.88 Å². The SMILES string of the molecule is N#CC1=C(S)NC(O)(c2ccccc2)C([n+]2ccc3ccccc3c2)C1c1cccc(F)c1. The fourth-order valence-electron chi connectivity index (χ4n) is 4.69. The summed E-state index contributed by atoms with van der Waals surface area (Å²) >= 11 is 4.53. The van der Waals surface area contributed by atoms with Crippen LogP contribution in [0, 0.1) is 17.1 Å². The summed E-state index contributed by atoms with van der Waals surface area (Å²) in [6.07, 6.45) is 3.83. The van der Waals surface area contributed by atoms with E-state index in [1.807, 2.05) is 77.6 Å². The van der Waals surface area contributed by atoms with E-state index in [2.05, 4.69) is 24.0 Å². The molecule has 6 heteroatoms. The number of thiol groups is 1. The minimum atomic E-state index is -1.62. The largest absolute Gasteiger partial charge is 0.362 e. The van der Waals surface area contributed by atoms with E-state index in [9.17, 15) is 14.8 Å². The molecule has 2 N–H and O–H groups in total. The van der Waals surface area contributed by atoms with Gasteiger partial charge in [-0.25, -0.2) is 4.39 Å². The molecule has 2 heterocycles. The van der Waals surface area contributed by atoms with Gasteiger partial charge in [-0.1, -0.05) is 60.7 Å². The van der Waals surface area contributed by atoms with Gasteiger partial charge in [-0.15, -0.1) is 12.6 Å².